The van der Waals surface area contributed by atoms with Crippen molar-refractivity contribution >= 4 is 46.5 Å². The van der Waals surface area contributed by atoms with Gasteiger partial charge in [-0.2, -0.15) is 0 Å². The van der Waals surface area contributed by atoms with Crippen LogP contribution in [0.25, 0.3) is 0 Å². The number of nitrogens with zero attached hydrogens (tertiary/aromatic N) is 4. The van der Waals surface area contributed by atoms with E-state index in [1.807, 2.05) is 12.1 Å². The van der Waals surface area contributed by atoms with Crippen LogP contribution in [0.15, 0.2) is 36.4 Å². The molecule has 0 aliphatic carbocycles. The minimum absolute atomic E-state index is 0.0500. The molecule has 2 fully saturated rings. The number of ether oxygens (including phenoxy) is 2. The average Bonchev–Trinajstić information content (AvgIpc) is 3.20. The number of hydrogen-bond acceptors (Lipinski definition) is 5. The first-order chi connectivity index (χ1) is 15.9. The van der Waals surface area contributed by atoms with E-state index in [0.717, 1.165) is 5.69 Å². The highest BCUT2D eigenvalue weighted by molar-refractivity contribution is 6.42. The molecule has 0 radical (unpaired) electrons. The van der Waals surface area contributed by atoms with E-state index in [-0.39, 0.29) is 18.5 Å². The molecule has 0 atom stereocenters. The van der Waals surface area contributed by atoms with Crippen LogP contribution in [0.5, 0.6) is 11.5 Å². The highest BCUT2D eigenvalue weighted by Crippen LogP contribution is 2.34. The lowest BCUT2D eigenvalue weighted by molar-refractivity contribution is -0.131. The van der Waals surface area contributed by atoms with Gasteiger partial charge in [-0.1, -0.05) is 23.2 Å². The number of amides is 3. The highest BCUT2D eigenvalue weighted by Gasteiger charge is 2.34. The van der Waals surface area contributed by atoms with E-state index < -0.39 is 0 Å². The molecular formula is C23H26Cl2N4O4. The van der Waals surface area contributed by atoms with Gasteiger partial charge in [-0.25, -0.2) is 4.79 Å². The third-order valence-electron chi connectivity index (χ3n) is 6.00. The molecule has 2 aromatic carbocycles. The van der Waals surface area contributed by atoms with Crippen molar-refractivity contribution in [2.24, 2.45) is 0 Å². The van der Waals surface area contributed by atoms with Crippen molar-refractivity contribution < 1.29 is 19.1 Å². The van der Waals surface area contributed by atoms with Crippen molar-refractivity contribution in [3.8, 4) is 11.5 Å². The van der Waals surface area contributed by atoms with Crippen molar-refractivity contribution in [1.29, 1.82) is 0 Å². The van der Waals surface area contributed by atoms with Crippen LogP contribution in [0.1, 0.15) is 0 Å². The van der Waals surface area contributed by atoms with Gasteiger partial charge in [-0.3, -0.25) is 9.69 Å². The van der Waals surface area contributed by atoms with E-state index in [9.17, 15) is 9.59 Å². The van der Waals surface area contributed by atoms with E-state index in [0.29, 0.717) is 66.5 Å². The topological polar surface area (TPSA) is 65.6 Å². The van der Waals surface area contributed by atoms with Gasteiger partial charge in [0.05, 0.1) is 30.0 Å². The van der Waals surface area contributed by atoms with Gasteiger partial charge in [-0.05, 0) is 30.3 Å². The van der Waals surface area contributed by atoms with Gasteiger partial charge in [0, 0.05) is 51.0 Å². The molecular weight excluding hydrogens is 467 g/mol. The van der Waals surface area contributed by atoms with E-state index in [4.69, 9.17) is 32.7 Å². The van der Waals surface area contributed by atoms with Crippen LogP contribution >= 0.6 is 23.2 Å². The molecule has 2 aliphatic heterocycles. The van der Waals surface area contributed by atoms with Crippen LogP contribution in [0.3, 0.4) is 0 Å². The SMILES string of the molecule is COc1ccc(OC)c(N2CCN(CC(=O)N3CCN(c4ccc(Cl)c(Cl)c4)CC3)C2=O)c1. The zero-order valence-electron chi connectivity index (χ0n) is 18.6. The Kier molecular flexibility index (Phi) is 7.05. The Labute approximate surface area is 203 Å². The largest absolute Gasteiger partial charge is 0.497 e. The third-order valence-corrected chi connectivity index (χ3v) is 6.74. The van der Waals surface area contributed by atoms with Crippen LogP contribution in [-0.4, -0.2) is 81.8 Å². The zero-order chi connectivity index (χ0) is 23.5. The maximum absolute atomic E-state index is 13.0. The molecule has 3 amide bonds. The summed E-state index contributed by atoms with van der Waals surface area (Å²) in [4.78, 5) is 33.1. The number of carbonyl (C=O) groups is 2. The molecule has 8 nitrogen and oxygen atoms in total. The molecule has 176 valence electrons. The third kappa shape index (κ3) is 4.91. The second-order valence-electron chi connectivity index (χ2n) is 7.86. The number of halogens is 2. The predicted octanol–water partition coefficient (Wildman–Crippen LogP) is 3.60. The number of anilines is 2. The number of methoxy groups -OCH3 is 2. The van der Waals surface area contributed by atoms with Crippen molar-refractivity contribution in [3.63, 3.8) is 0 Å². The summed E-state index contributed by atoms with van der Waals surface area (Å²) in [5.41, 5.74) is 1.61. The summed E-state index contributed by atoms with van der Waals surface area (Å²) in [6.45, 7) is 3.52. The molecule has 10 heteroatoms. The van der Waals surface area contributed by atoms with E-state index in [1.165, 1.54) is 0 Å². The summed E-state index contributed by atoms with van der Waals surface area (Å²) >= 11 is 12.1. The number of hydrogen-bond donors (Lipinski definition) is 0. The zero-order valence-corrected chi connectivity index (χ0v) is 20.1. The maximum Gasteiger partial charge on any atom is 0.325 e. The minimum Gasteiger partial charge on any atom is -0.497 e. The first-order valence-corrected chi connectivity index (χ1v) is 11.4. The van der Waals surface area contributed by atoms with Gasteiger partial charge < -0.3 is 24.2 Å². The predicted molar refractivity (Wildman–Crippen MR) is 129 cm³/mol. The van der Waals surface area contributed by atoms with Gasteiger partial charge in [0.25, 0.3) is 0 Å². The molecule has 33 heavy (non-hydrogen) atoms. The Morgan fingerprint density at radius 3 is 2.33 bits per heavy atom. The molecule has 0 unspecified atom stereocenters. The molecule has 2 heterocycles. The number of benzene rings is 2. The number of carbonyl (C=O) groups excluding carboxylic acids is 2. The lowest BCUT2D eigenvalue weighted by atomic mass is 10.2. The molecule has 2 aromatic rings. The molecule has 0 bridgehead atoms. The summed E-state index contributed by atoms with van der Waals surface area (Å²) in [5.74, 6) is 1.15. The van der Waals surface area contributed by atoms with Crippen LogP contribution in [0.4, 0.5) is 16.2 Å². The van der Waals surface area contributed by atoms with Crippen LogP contribution in [0.2, 0.25) is 10.0 Å². The van der Waals surface area contributed by atoms with Crippen molar-refractivity contribution in [2.45, 2.75) is 0 Å². The molecule has 4 rings (SSSR count). The Bertz CT molecular complexity index is 1040. The Balaban J connectivity index is 1.35. The van der Waals surface area contributed by atoms with Gasteiger partial charge in [0.1, 0.15) is 18.0 Å². The van der Waals surface area contributed by atoms with Gasteiger partial charge in [0.2, 0.25) is 5.91 Å². The molecule has 0 N–H and O–H groups in total. The summed E-state index contributed by atoms with van der Waals surface area (Å²) in [6, 6.07) is 10.6. The monoisotopic (exact) mass is 492 g/mol. The smallest absolute Gasteiger partial charge is 0.325 e. The number of urea groups is 1. The fraction of sp³-hybridized carbons (Fsp3) is 0.391. The average molecular weight is 493 g/mol. The molecule has 0 saturated carbocycles. The first kappa shape index (κ1) is 23.3. The summed E-state index contributed by atoms with van der Waals surface area (Å²) in [5, 5.41) is 1.03. The standard InChI is InChI=1S/C23H26Cl2N4O4/c1-32-17-4-6-21(33-2)20(14-17)29-12-11-28(23(29)31)15-22(30)27-9-7-26(8-10-27)16-3-5-18(24)19(25)13-16/h3-6,13-14H,7-12,15H2,1-2H3. The number of rotatable bonds is 6. The second-order valence-corrected chi connectivity index (χ2v) is 8.67. The van der Waals surface area contributed by atoms with Crippen molar-refractivity contribution in [2.75, 3.05) is 69.8 Å². The number of piperazine rings is 1. The fourth-order valence-corrected chi connectivity index (χ4v) is 4.41. The van der Waals surface area contributed by atoms with E-state index >= 15 is 0 Å². The Morgan fingerprint density at radius 1 is 0.909 bits per heavy atom. The lowest BCUT2D eigenvalue weighted by Crippen LogP contribution is -2.51. The van der Waals surface area contributed by atoms with Gasteiger partial charge >= 0.3 is 6.03 Å². The van der Waals surface area contributed by atoms with Gasteiger partial charge in [0.15, 0.2) is 0 Å². The van der Waals surface area contributed by atoms with Crippen LogP contribution < -0.4 is 19.3 Å². The fourth-order valence-electron chi connectivity index (χ4n) is 4.12. The summed E-state index contributed by atoms with van der Waals surface area (Å²) in [7, 11) is 3.13. The highest BCUT2D eigenvalue weighted by atomic mass is 35.5. The van der Waals surface area contributed by atoms with Crippen molar-refractivity contribution in [1.82, 2.24) is 9.80 Å². The summed E-state index contributed by atoms with van der Waals surface area (Å²) in [6.07, 6.45) is 0. The normalized spacial score (nSPS) is 16.4. The molecule has 2 saturated heterocycles. The first-order valence-electron chi connectivity index (χ1n) is 10.7. The van der Waals surface area contributed by atoms with Gasteiger partial charge in [-0.15, -0.1) is 0 Å². The quantitative estimate of drug-likeness (QED) is 0.616. The molecule has 0 spiro atoms. The molecule has 0 aromatic heterocycles. The van der Waals surface area contributed by atoms with E-state index in [2.05, 4.69) is 4.90 Å². The van der Waals surface area contributed by atoms with Crippen LogP contribution in [0, 0.1) is 0 Å². The molecule has 2 aliphatic rings. The second kappa shape index (κ2) is 9.97. The maximum atomic E-state index is 13.0. The minimum atomic E-state index is -0.218. The Morgan fingerprint density at radius 2 is 1.67 bits per heavy atom. The summed E-state index contributed by atoms with van der Waals surface area (Å²) < 4.78 is 10.7. The van der Waals surface area contributed by atoms with Crippen molar-refractivity contribution in [3.05, 3.63) is 46.4 Å². The lowest BCUT2D eigenvalue weighted by Gasteiger charge is -2.36. The Hall–Kier alpha value is -2.84. The van der Waals surface area contributed by atoms with Crippen LogP contribution in [-0.2, 0) is 4.79 Å². The van der Waals surface area contributed by atoms with E-state index in [1.54, 1.807) is 53.2 Å².